The molecule has 0 heterocycles. The standard InChI is InChI=1S/C11H11F3/c1-3-8(2)9-4-6-10(7-5-9)11(12,13)14/h3-7H,1-2H3/b8-3+. The van der Waals surface area contributed by atoms with Gasteiger partial charge < -0.3 is 0 Å². The van der Waals surface area contributed by atoms with Crippen LogP contribution in [0.3, 0.4) is 0 Å². The molecule has 3 heteroatoms. The third-order valence-electron chi connectivity index (χ3n) is 2.10. The molecule has 0 fully saturated rings. The van der Waals surface area contributed by atoms with Crippen LogP contribution in [0.5, 0.6) is 0 Å². The van der Waals surface area contributed by atoms with E-state index in [9.17, 15) is 13.2 Å². The van der Waals surface area contributed by atoms with Crippen molar-refractivity contribution in [3.63, 3.8) is 0 Å². The van der Waals surface area contributed by atoms with Gasteiger partial charge in [0.25, 0.3) is 0 Å². The van der Waals surface area contributed by atoms with Gasteiger partial charge in [-0.25, -0.2) is 0 Å². The molecule has 0 spiro atoms. The lowest BCUT2D eigenvalue weighted by molar-refractivity contribution is -0.137. The fraction of sp³-hybridized carbons (Fsp3) is 0.273. The first-order valence-electron chi connectivity index (χ1n) is 4.25. The maximum absolute atomic E-state index is 12.2. The van der Waals surface area contributed by atoms with Crippen molar-refractivity contribution in [1.82, 2.24) is 0 Å². The summed E-state index contributed by atoms with van der Waals surface area (Å²) in [5, 5.41) is 0. The molecule has 1 aromatic rings. The molecule has 0 saturated heterocycles. The van der Waals surface area contributed by atoms with E-state index in [0.717, 1.165) is 23.3 Å². The first-order valence-corrected chi connectivity index (χ1v) is 4.25. The summed E-state index contributed by atoms with van der Waals surface area (Å²) >= 11 is 0. The Kier molecular flexibility index (Phi) is 2.99. The van der Waals surface area contributed by atoms with Crippen LogP contribution in [0.15, 0.2) is 30.3 Å². The van der Waals surface area contributed by atoms with E-state index in [1.165, 1.54) is 12.1 Å². The summed E-state index contributed by atoms with van der Waals surface area (Å²) in [6.45, 7) is 3.72. The van der Waals surface area contributed by atoms with Gasteiger partial charge in [0.05, 0.1) is 5.56 Å². The lowest BCUT2D eigenvalue weighted by Crippen LogP contribution is -2.04. The van der Waals surface area contributed by atoms with Crippen LogP contribution in [-0.4, -0.2) is 0 Å². The Balaban J connectivity index is 3.01. The van der Waals surface area contributed by atoms with Crippen LogP contribution in [-0.2, 0) is 6.18 Å². The molecule has 0 amide bonds. The van der Waals surface area contributed by atoms with E-state index in [2.05, 4.69) is 0 Å². The second kappa shape index (κ2) is 3.86. The van der Waals surface area contributed by atoms with Gasteiger partial charge in [-0.1, -0.05) is 18.2 Å². The monoisotopic (exact) mass is 200 g/mol. The normalized spacial score (nSPS) is 13.1. The van der Waals surface area contributed by atoms with Gasteiger partial charge >= 0.3 is 6.18 Å². The summed E-state index contributed by atoms with van der Waals surface area (Å²) in [6.07, 6.45) is -2.38. The Morgan fingerprint density at radius 1 is 1.14 bits per heavy atom. The number of hydrogen-bond donors (Lipinski definition) is 0. The summed E-state index contributed by atoms with van der Waals surface area (Å²) in [5.41, 5.74) is 1.18. The zero-order chi connectivity index (χ0) is 10.8. The van der Waals surface area contributed by atoms with E-state index in [0.29, 0.717) is 0 Å². The molecule has 76 valence electrons. The average Bonchev–Trinajstić information content (AvgIpc) is 2.15. The molecule has 0 atom stereocenters. The third kappa shape index (κ3) is 2.37. The second-order valence-electron chi connectivity index (χ2n) is 3.05. The number of alkyl halides is 3. The van der Waals surface area contributed by atoms with Gasteiger partial charge in [0.15, 0.2) is 0 Å². The van der Waals surface area contributed by atoms with Crippen LogP contribution in [0.1, 0.15) is 25.0 Å². The van der Waals surface area contributed by atoms with Crippen molar-refractivity contribution in [2.45, 2.75) is 20.0 Å². The minimum atomic E-state index is -4.25. The highest BCUT2D eigenvalue weighted by molar-refractivity contribution is 5.63. The fourth-order valence-corrected chi connectivity index (χ4v) is 1.09. The van der Waals surface area contributed by atoms with Crippen LogP contribution in [0, 0.1) is 0 Å². The number of halogens is 3. The van der Waals surface area contributed by atoms with Crippen molar-refractivity contribution >= 4 is 5.57 Å². The van der Waals surface area contributed by atoms with Gasteiger partial charge in [-0.3, -0.25) is 0 Å². The molecule has 1 aromatic carbocycles. The molecular formula is C11H11F3. The van der Waals surface area contributed by atoms with Crippen LogP contribution in [0.2, 0.25) is 0 Å². The quantitative estimate of drug-likeness (QED) is 0.639. The van der Waals surface area contributed by atoms with Gasteiger partial charge in [0.1, 0.15) is 0 Å². The van der Waals surface area contributed by atoms with Gasteiger partial charge in [-0.05, 0) is 37.1 Å². The first-order chi connectivity index (χ1) is 6.45. The zero-order valence-electron chi connectivity index (χ0n) is 8.02. The van der Waals surface area contributed by atoms with Gasteiger partial charge in [0, 0.05) is 0 Å². The van der Waals surface area contributed by atoms with E-state index < -0.39 is 11.7 Å². The largest absolute Gasteiger partial charge is 0.416 e. The predicted molar refractivity (Wildman–Crippen MR) is 50.8 cm³/mol. The highest BCUT2D eigenvalue weighted by Crippen LogP contribution is 2.29. The van der Waals surface area contributed by atoms with E-state index in [1.807, 2.05) is 19.9 Å². The molecule has 0 radical (unpaired) electrons. The Bertz CT molecular complexity index is 331. The summed E-state index contributed by atoms with van der Waals surface area (Å²) < 4.78 is 36.6. The fourth-order valence-electron chi connectivity index (χ4n) is 1.09. The minimum absolute atomic E-state index is 0.606. The Labute approximate surface area is 81.1 Å². The molecule has 14 heavy (non-hydrogen) atoms. The summed E-state index contributed by atoms with van der Waals surface area (Å²) in [4.78, 5) is 0. The average molecular weight is 200 g/mol. The first kappa shape index (κ1) is 10.8. The number of rotatable bonds is 1. The molecule has 0 bridgehead atoms. The predicted octanol–water partition coefficient (Wildman–Crippen LogP) is 4.13. The number of benzene rings is 1. The van der Waals surface area contributed by atoms with Gasteiger partial charge in [-0.15, -0.1) is 0 Å². The molecule has 0 N–H and O–H groups in total. The molecule has 1 rings (SSSR count). The second-order valence-corrected chi connectivity index (χ2v) is 3.05. The van der Waals surface area contributed by atoms with E-state index in [4.69, 9.17) is 0 Å². The molecule has 0 aliphatic rings. The Hall–Kier alpha value is -1.25. The number of allylic oxidation sites excluding steroid dienone is 2. The Morgan fingerprint density at radius 2 is 1.64 bits per heavy atom. The molecule has 0 aliphatic carbocycles. The van der Waals surface area contributed by atoms with Crippen molar-refractivity contribution in [3.8, 4) is 0 Å². The van der Waals surface area contributed by atoms with Gasteiger partial charge in [-0.2, -0.15) is 13.2 Å². The van der Waals surface area contributed by atoms with Crippen LogP contribution < -0.4 is 0 Å². The molecule has 0 unspecified atom stereocenters. The Morgan fingerprint density at radius 3 is 2.00 bits per heavy atom. The topological polar surface area (TPSA) is 0 Å². The molecule has 0 nitrogen and oxygen atoms in total. The van der Waals surface area contributed by atoms with Gasteiger partial charge in [0.2, 0.25) is 0 Å². The minimum Gasteiger partial charge on any atom is -0.166 e. The molecular weight excluding hydrogens is 189 g/mol. The lowest BCUT2D eigenvalue weighted by Gasteiger charge is -2.07. The molecule has 0 saturated carbocycles. The van der Waals surface area contributed by atoms with Crippen molar-refractivity contribution in [2.24, 2.45) is 0 Å². The highest BCUT2D eigenvalue weighted by atomic mass is 19.4. The summed E-state index contributed by atoms with van der Waals surface area (Å²) in [7, 11) is 0. The van der Waals surface area contributed by atoms with Crippen molar-refractivity contribution in [1.29, 1.82) is 0 Å². The van der Waals surface area contributed by atoms with E-state index >= 15 is 0 Å². The maximum atomic E-state index is 12.2. The third-order valence-corrected chi connectivity index (χ3v) is 2.10. The van der Waals surface area contributed by atoms with E-state index in [1.54, 1.807) is 0 Å². The zero-order valence-corrected chi connectivity index (χ0v) is 8.02. The lowest BCUT2D eigenvalue weighted by atomic mass is 10.1. The van der Waals surface area contributed by atoms with E-state index in [-0.39, 0.29) is 0 Å². The summed E-state index contributed by atoms with van der Waals surface area (Å²) in [6, 6.07) is 5.17. The highest BCUT2D eigenvalue weighted by Gasteiger charge is 2.29. The maximum Gasteiger partial charge on any atom is 0.416 e. The molecule has 0 aromatic heterocycles. The summed E-state index contributed by atoms with van der Waals surface area (Å²) in [5.74, 6) is 0. The smallest absolute Gasteiger partial charge is 0.166 e. The van der Waals surface area contributed by atoms with Crippen molar-refractivity contribution in [2.75, 3.05) is 0 Å². The van der Waals surface area contributed by atoms with Crippen LogP contribution >= 0.6 is 0 Å². The van der Waals surface area contributed by atoms with Crippen LogP contribution in [0.4, 0.5) is 13.2 Å². The van der Waals surface area contributed by atoms with Crippen molar-refractivity contribution < 1.29 is 13.2 Å². The van der Waals surface area contributed by atoms with Crippen LogP contribution in [0.25, 0.3) is 5.57 Å². The number of hydrogen-bond acceptors (Lipinski definition) is 0. The molecule has 0 aliphatic heterocycles. The SMILES string of the molecule is C/C=C(\C)c1ccc(C(F)(F)F)cc1. The van der Waals surface area contributed by atoms with Crippen molar-refractivity contribution in [3.05, 3.63) is 41.5 Å².